The average molecular weight is 283 g/mol. The lowest BCUT2D eigenvalue weighted by atomic mass is 9.83. The van der Waals surface area contributed by atoms with Crippen molar-refractivity contribution in [3.8, 4) is 0 Å². The molecule has 0 amide bonds. The molecule has 1 aliphatic carbocycles. The Morgan fingerprint density at radius 3 is 2.55 bits per heavy atom. The molecule has 4 nitrogen and oxygen atoms in total. The molecule has 118 valence electrons. The van der Waals surface area contributed by atoms with Crippen molar-refractivity contribution in [3.05, 3.63) is 0 Å². The summed E-state index contributed by atoms with van der Waals surface area (Å²) in [6.07, 6.45) is 6.46. The van der Waals surface area contributed by atoms with Crippen molar-refractivity contribution in [1.82, 2.24) is 10.6 Å². The number of ether oxygens (including phenoxy) is 1. The third-order valence-corrected chi connectivity index (χ3v) is 3.95. The molecule has 0 aromatic heterocycles. The smallest absolute Gasteiger partial charge is 0.191 e. The van der Waals surface area contributed by atoms with Crippen LogP contribution in [0.25, 0.3) is 0 Å². The van der Waals surface area contributed by atoms with Gasteiger partial charge in [0, 0.05) is 32.8 Å². The number of rotatable bonds is 8. The molecule has 1 fully saturated rings. The van der Waals surface area contributed by atoms with Crippen LogP contribution in [0.3, 0.4) is 0 Å². The molecule has 0 atom stereocenters. The highest BCUT2D eigenvalue weighted by Crippen LogP contribution is 2.28. The van der Waals surface area contributed by atoms with Crippen LogP contribution in [-0.4, -0.2) is 38.8 Å². The maximum atomic E-state index is 5.34. The van der Waals surface area contributed by atoms with Gasteiger partial charge in [-0.25, -0.2) is 0 Å². The molecule has 0 bridgehead atoms. The summed E-state index contributed by atoms with van der Waals surface area (Å²) >= 11 is 0. The number of hydrogen-bond acceptors (Lipinski definition) is 2. The van der Waals surface area contributed by atoms with Gasteiger partial charge in [0.15, 0.2) is 5.96 Å². The molecule has 2 N–H and O–H groups in total. The highest BCUT2D eigenvalue weighted by molar-refractivity contribution is 5.79. The number of guanidine groups is 1. The van der Waals surface area contributed by atoms with Gasteiger partial charge in [0.25, 0.3) is 0 Å². The third kappa shape index (κ3) is 7.73. The average Bonchev–Trinajstić information content (AvgIpc) is 2.46. The summed E-state index contributed by atoms with van der Waals surface area (Å²) in [4.78, 5) is 4.73. The van der Waals surface area contributed by atoms with E-state index in [9.17, 15) is 0 Å². The molecule has 0 aromatic rings. The zero-order valence-corrected chi connectivity index (χ0v) is 13.6. The van der Waals surface area contributed by atoms with Gasteiger partial charge >= 0.3 is 0 Å². The Labute approximate surface area is 124 Å². The largest absolute Gasteiger partial charge is 0.382 e. The van der Waals surface area contributed by atoms with Crippen LogP contribution in [0, 0.1) is 11.8 Å². The van der Waals surface area contributed by atoms with Crippen molar-refractivity contribution in [2.75, 3.05) is 32.8 Å². The van der Waals surface area contributed by atoms with Crippen molar-refractivity contribution >= 4 is 5.96 Å². The van der Waals surface area contributed by atoms with E-state index in [1.807, 2.05) is 6.92 Å². The molecule has 0 spiro atoms. The van der Waals surface area contributed by atoms with Crippen LogP contribution in [0.15, 0.2) is 4.99 Å². The summed E-state index contributed by atoms with van der Waals surface area (Å²) in [5.74, 6) is 2.66. The van der Waals surface area contributed by atoms with Gasteiger partial charge in [-0.1, -0.05) is 19.8 Å². The third-order valence-electron chi connectivity index (χ3n) is 3.95. The Bertz CT molecular complexity index is 260. The summed E-state index contributed by atoms with van der Waals surface area (Å²) in [6, 6.07) is 0. The summed E-state index contributed by atoms with van der Waals surface area (Å²) < 4.78 is 5.34. The van der Waals surface area contributed by atoms with E-state index in [0.29, 0.717) is 0 Å². The first-order chi connectivity index (χ1) is 9.76. The molecule has 20 heavy (non-hydrogen) atoms. The lowest BCUT2D eigenvalue weighted by molar-refractivity contribution is 0.145. The fourth-order valence-corrected chi connectivity index (χ4v) is 2.60. The Kier molecular flexibility index (Phi) is 9.46. The SMILES string of the molecule is CCNC(=NCC1CCC(C)CC1)NCCCOCC. The Morgan fingerprint density at radius 1 is 1.15 bits per heavy atom. The molecule has 4 heteroatoms. The summed E-state index contributed by atoms with van der Waals surface area (Å²) in [6.45, 7) is 10.9. The van der Waals surface area contributed by atoms with Crippen LogP contribution < -0.4 is 10.6 Å². The zero-order valence-electron chi connectivity index (χ0n) is 13.6. The molecule has 1 rings (SSSR count). The van der Waals surface area contributed by atoms with Gasteiger partial charge in [0.1, 0.15) is 0 Å². The van der Waals surface area contributed by atoms with Gasteiger partial charge in [-0.05, 0) is 44.9 Å². The van der Waals surface area contributed by atoms with Gasteiger partial charge in [-0.2, -0.15) is 0 Å². The zero-order chi connectivity index (χ0) is 14.6. The lowest BCUT2D eigenvalue weighted by Gasteiger charge is -2.25. The summed E-state index contributed by atoms with van der Waals surface area (Å²) in [5.41, 5.74) is 0. The van der Waals surface area contributed by atoms with Crippen LogP contribution in [0.5, 0.6) is 0 Å². The van der Waals surface area contributed by atoms with Gasteiger partial charge in [-0.3, -0.25) is 4.99 Å². The van der Waals surface area contributed by atoms with Crippen molar-refractivity contribution in [2.24, 2.45) is 16.8 Å². The number of nitrogens with one attached hydrogen (secondary N) is 2. The minimum Gasteiger partial charge on any atom is -0.382 e. The van der Waals surface area contributed by atoms with Crippen LogP contribution in [0.2, 0.25) is 0 Å². The Hall–Kier alpha value is -0.770. The monoisotopic (exact) mass is 283 g/mol. The first-order valence-electron chi connectivity index (χ1n) is 8.36. The van der Waals surface area contributed by atoms with Crippen LogP contribution in [0.1, 0.15) is 52.9 Å². The molecule has 1 aliphatic rings. The highest BCUT2D eigenvalue weighted by atomic mass is 16.5. The summed E-state index contributed by atoms with van der Waals surface area (Å²) in [7, 11) is 0. The van der Waals surface area contributed by atoms with E-state index in [2.05, 4.69) is 24.5 Å². The second-order valence-corrected chi connectivity index (χ2v) is 5.82. The van der Waals surface area contributed by atoms with Crippen LogP contribution >= 0.6 is 0 Å². The molecule has 0 unspecified atom stereocenters. The predicted molar refractivity (Wildman–Crippen MR) is 86.2 cm³/mol. The minimum absolute atomic E-state index is 0.782. The van der Waals surface area contributed by atoms with Crippen molar-refractivity contribution in [3.63, 3.8) is 0 Å². The predicted octanol–water partition coefficient (Wildman–Crippen LogP) is 2.79. The van der Waals surface area contributed by atoms with E-state index >= 15 is 0 Å². The molecular formula is C16H33N3O. The fraction of sp³-hybridized carbons (Fsp3) is 0.938. The highest BCUT2D eigenvalue weighted by Gasteiger charge is 2.17. The lowest BCUT2D eigenvalue weighted by Crippen LogP contribution is -2.38. The molecular weight excluding hydrogens is 250 g/mol. The maximum absolute atomic E-state index is 5.34. The van der Waals surface area contributed by atoms with Crippen molar-refractivity contribution in [1.29, 1.82) is 0 Å². The van der Waals surface area contributed by atoms with Gasteiger partial charge < -0.3 is 15.4 Å². The fourth-order valence-electron chi connectivity index (χ4n) is 2.60. The van der Waals surface area contributed by atoms with Crippen molar-refractivity contribution in [2.45, 2.75) is 52.9 Å². The molecule has 0 saturated heterocycles. The van der Waals surface area contributed by atoms with E-state index in [-0.39, 0.29) is 0 Å². The van der Waals surface area contributed by atoms with E-state index in [0.717, 1.165) is 57.1 Å². The number of hydrogen-bond donors (Lipinski definition) is 2. The van der Waals surface area contributed by atoms with Gasteiger partial charge in [0.05, 0.1) is 0 Å². The van der Waals surface area contributed by atoms with E-state index < -0.39 is 0 Å². The quantitative estimate of drug-likeness (QED) is 0.409. The number of aliphatic imine (C=N–C) groups is 1. The van der Waals surface area contributed by atoms with E-state index in [1.165, 1.54) is 25.7 Å². The molecule has 0 radical (unpaired) electrons. The van der Waals surface area contributed by atoms with E-state index in [1.54, 1.807) is 0 Å². The summed E-state index contributed by atoms with van der Waals surface area (Å²) in [5, 5.41) is 6.71. The molecule has 1 saturated carbocycles. The first-order valence-corrected chi connectivity index (χ1v) is 8.36. The minimum atomic E-state index is 0.782. The first kappa shape index (κ1) is 17.3. The Morgan fingerprint density at radius 2 is 1.90 bits per heavy atom. The Balaban J connectivity index is 2.23. The second-order valence-electron chi connectivity index (χ2n) is 5.82. The second kappa shape index (κ2) is 11.0. The van der Waals surface area contributed by atoms with E-state index in [4.69, 9.17) is 9.73 Å². The molecule has 0 aromatic carbocycles. The van der Waals surface area contributed by atoms with Gasteiger partial charge in [0.2, 0.25) is 0 Å². The van der Waals surface area contributed by atoms with Gasteiger partial charge in [-0.15, -0.1) is 0 Å². The maximum Gasteiger partial charge on any atom is 0.191 e. The van der Waals surface area contributed by atoms with Crippen molar-refractivity contribution < 1.29 is 4.74 Å². The normalized spacial score (nSPS) is 23.6. The standard InChI is InChI=1S/C16H33N3O/c1-4-17-16(18-11-6-12-20-5-2)19-13-15-9-7-14(3)8-10-15/h14-15H,4-13H2,1-3H3,(H2,17,18,19). The number of nitrogens with zero attached hydrogens (tertiary/aromatic N) is 1. The van der Waals surface area contributed by atoms with Crippen LogP contribution in [0.4, 0.5) is 0 Å². The van der Waals surface area contributed by atoms with Crippen LogP contribution in [-0.2, 0) is 4.74 Å². The topological polar surface area (TPSA) is 45.7 Å². The molecule has 0 aliphatic heterocycles. The molecule has 0 heterocycles.